The normalized spacial score (nSPS) is 30.0. The summed E-state index contributed by atoms with van der Waals surface area (Å²) >= 11 is 0. The van der Waals surface area contributed by atoms with Gasteiger partial charge in [-0.05, 0) is 12.5 Å². The fraction of sp³-hybridized carbons (Fsp3) is 0.400. The van der Waals surface area contributed by atoms with Gasteiger partial charge in [-0.2, -0.15) is 0 Å². The Morgan fingerprint density at radius 1 is 1.43 bits per heavy atom. The van der Waals surface area contributed by atoms with Crippen LogP contribution in [0.2, 0.25) is 0 Å². The second-order valence-corrected chi connectivity index (χ2v) is 3.72. The second kappa shape index (κ2) is 2.78. The zero-order valence-electron chi connectivity index (χ0n) is 8.06. The molecule has 0 bridgehead atoms. The first-order chi connectivity index (χ1) is 6.54. The quantitative estimate of drug-likeness (QED) is 0.410. The van der Waals surface area contributed by atoms with Crippen molar-refractivity contribution in [3.05, 3.63) is 45.5 Å². The standard InChI is InChI=1S/C10H11NO3/c1-7-3-5-8(6-4-7)9-10(2,14-9)11(12)13/h3-6,9H,1-2H3/t9-,10+/m0/s1. The van der Waals surface area contributed by atoms with Crippen LogP contribution in [0.5, 0.6) is 0 Å². The number of hydrogen-bond donors (Lipinski definition) is 0. The van der Waals surface area contributed by atoms with E-state index in [0.29, 0.717) is 0 Å². The van der Waals surface area contributed by atoms with Crippen LogP contribution in [0, 0.1) is 17.0 Å². The highest BCUT2D eigenvalue weighted by atomic mass is 16.7. The molecule has 0 saturated carbocycles. The number of benzene rings is 1. The maximum atomic E-state index is 10.6. The summed E-state index contributed by atoms with van der Waals surface area (Å²) in [6, 6.07) is 7.60. The molecule has 1 aliphatic rings. The summed E-state index contributed by atoms with van der Waals surface area (Å²) in [7, 11) is 0. The lowest BCUT2D eigenvalue weighted by Crippen LogP contribution is -2.19. The summed E-state index contributed by atoms with van der Waals surface area (Å²) in [5.74, 6) is 0. The third-order valence-electron chi connectivity index (χ3n) is 2.53. The Hall–Kier alpha value is -1.42. The van der Waals surface area contributed by atoms with Crippen LogP contribution in [0.1, 0.15) is 24.2 Å². The molecule has 14 heavy (non-hydrogen) atoms. The number of hydrogen-bond acceptors (Lipinski definition) is 3. The summed E-state index contributed by atoms with van der Waals surface area (Å²) in [5.41, 5.74) is 0.793. The van der Waals surface area contributed by atoms with Gasteiger partial charge in [-0.3, -0.25) is 14.9 Å². The lowest BCUT2D eigenvalue weighted by molar-refractivity contribution is -0.558. The number of ether oxygens (including phenoxy) is 1. The average Bonchev–Trinajstić information content (AvgIpc) is 2.81. The molecule has 0 radical (unpaired) electrons. The number of nitrogens with zero attached hydrogens (tertiary/aromatic N) is 1. The molecule has 4 heteroatoms. The van der Waals surface area contributed by atoms with Gasteiger partial charge in [-0.1, -0.05) is 29.8 Å². The van der Waals surface area contributed by atoms with Crippen LogP contribution < -0.4 is 0 Å². The molecule has 0 spiro atoms. The molecule has 1 aromatic rings. The summed E-state index contributed by atoms with van der Waals surface area (Å²) in [6.45, 7) is 3.47. The molecule has 1 aliphatic heterocycles. The van der Waals surface area contributed by atoms with Crippen molar-refractivity contribution in [2.75, 3.05) is 0 Å². The van der Waals surface area contributed by atoms with E-state index in [4.69, 9.17) is 4.74 Å². The van der Waals surface area contributed by atoms with E-state index in [9.17, 15) is 10.1 Å². The number of aryl methyl sites for hydroxylation is 1. The molecule has 2 rings (SSSR count). The van der Waals surface area contributed by atoms with Gasteiger partial charge in [0.2, 0.25) is 0 Å². The van der Waals surface area contributed by atoms with E-state index in [1.807, 2.05) is 31.2 Å². The predicted octanol–water partition coefficient (Wildman–Crippen LogP) is 2.06. The second-order valence-electron chi connectivity index (χ2n) is 3.72. The highest BCUT2D eigenvalue weighted by molar-refractivity contribution is 5.27. The Morgan fingerprint density at radius 2 is 2.00 bits per heavy atom. The van der Waals surface area contributed by atoms with Gasteiger partial charge in [0.25, 0.3) is 0 Å². The van der Waals surface area contributed by atoms with Crippen molar-refractivity contribution in [1.29, 1.82) is 0 Å². The maximum Gasteiger partial charge on any atom is 0.353 e. The van der Waals surface area contributed by atoms with Crippen LogP contribution in [0.15, 0.2) is 24.3 Å². The fourth-order valence-electron chi connectivity index (χ4n) is 1.46. The topological polar surface area (TPSA) is 55.7 Å². The highest BCUT2D eigenvalue weighted by Gasteiger charge is 2.65. The minimum atomic E-state index is -1.21. The van der Waals surface area contributed by atoms with E-state index in [0.717, 1.165) is 11.1 Å². The molecule has 1 saturated heterocycles. The van der Waals surface area contributed by atoms with Crippen LogP contribution in [0.4, 0.5) is 0 Å². The Balaban J connectivity index is 2.21. The Labute approximate surface area is 81.7 Å². The van der Waals surface area contributed by atoms with Gasteiger partial charge < -0.3 is 0 Å². The first-order valence-corrected chi connectivity index (χ1v) is 4.43. The number of epoxide rings is 1. The highest BCUT2D eigenvalue weighted by Crippen LogP contribution is 2.49. The first-order valence-electron chi connectivity index (χ1n) is 4.43. The van der Waals surface area contributed by atoms with Gasteiger partial charge in [0, 0.05) is 6.92 Å². The summed E-state index contributed by atoms with van der Waals surface area (Å²) in [5, 5.41) is 10.6. The van der Waals surface area contributed by atoms with Crippen molar-refractivity contribution < 1.29 is 9.66 Å². The van der Waals surface area contributed by atoms with Gasteiger partial charge in [-0.15, -0.1) is 0 Å². The third kappa shape index (κ3) is 1.28. The van der Waals surface area contributed by atoms with Crippen LogP contribution in [-0.4, -0.2) is 10.6 Å². The molecule has 1 heterocycles. The first kappa shape index (κ1) is 9.15. The molecule has 2 atom stereocenters. The van der Waals surface area contributed by atoms with Crippen molar-refractivity contribution in [2.24, 2.45) is 0 Å². The van der Waals surface area contributed by atoms with Gasteiger partial charge >= 0.3 is 5.72 Å². The zero-order chi connectivity index (χ0) is 10.3. The van der Waals surface area contributed by atoms with Crippen LogP contribution >= 0.6 is 0 Å². The van der Waals surface area contributed by atoms with E-state index in [-0.39, 0.29) is 4.92 Å². The monoisotopic (exact) mass is 193 g/mol. The van der Waals surface area contributed by atoms with E-state index < -0.39 is 11.8 Å². The lowest BCUT2D eigenvalue weighted by Gasteiger charge is -1.97. The van der Waals surface area contributed by atoms with Gasteiger partial charge in [0.05, 0.1) is 4.92 Å². The predicted molar refractivity (Wildman–Crippen MR) is 50.4 cm³/mol. The molecule has 0 N–H and O–H groups in total. The van der Waals surface area contributed by atoms with Crippen molar-refractivity contribution >= 4 is 0 Å². The smallest absolute Gasteiger partial charge is 0.294 e. The van der Waals surface area contributed by atoms with Crippen molar-refractivity contribution in [1.82, 2.24) is 0 Å². The minimum Gasteiger partial charge on any atom is -0.294 e. The van der Waals surface area contributed by atoms with E-state index in [1.165, 1.54) is 6.92 Å². The van der Waals surface area contributed by atoms with Crippen molar-refractivity contribution in [2.45, 2.75) is 25.7 Å². The molecule has 74 valence electrons. The number of rotatable bonds is 2. The lowest BCUT2D eigenvalue weighted by atomic mass is 10.1. The Bertz CT molecular complexity index is 373. The molecule has 1 aromatic carbocycles. The van der Waals surface area contributed by atoms with Crippen LogP contribution in [-0.2, 0) is 4.74 Å². The van der Waals surface area contributed by atoms with E-state index in [1.54, 1.807) is 0 Å². The summed E-state index contributed by atoms with van der Waals surface area (Å²) in [6.07, 6.45) is -0.391. The van der Waals surface area contributed by atoms with E-state index in [2.05, 4.69) is 0 Å². The molecule has 0 amide bonds. The molecule has 1 fully saturated rings. The van der Waals surface area contributed by atoms with Crippen molar-refractivity contribution in [3.8, 4) is 0 Å². The molecule has 0 unspecified atom stereocenters. The third-order valence-corrected chi connectivity index (χ3v) is 2.53. The maximum absolute atomic E-state index is 10.6. The molecular formula is C10H11NO3. The SMILES string of the molecule is Cc1ccc([C@@H]2O[C@@]2(C)[N+](=O)[O-])cc1. The van der Waals surface area contributed by atoms with Gasteiger partial charge in [-0.25, -0.2) is 0 Å². The largest absolute Gasteiger partial charge is 0.353 e. The summed E-state index contributed by atoms with van der Waals surface area (Å²) in [4.78, 5) is 10.2. The minimum absolute atomic E-state index is 0.377. The van der Waals surface area contributed by atoms with Crippen LogP contribution in [0.3, 0.4) is 0 Å². The molecule has 0 aromatic heterocycles. The molecular weight excluding hydrogens is 182 g/mol. The average molecular weight is 193 g/mol. The van der Waals surface area contributed by atoms with Gasteiger partial charge in [0.1, 0.15) is 0 Å². The van der Waals surface area contributed by atoms with Crippen LogP contribution in [0.25, 0.3) is 0 Å². The Morgan fingerprint density at radius 3 is 2.43 bits per heavy atom. The summed E-state index contributed by atoms with van der Waals surface area (Å²) < 4.78 is 5.09. The fourth-order valence-corrected chi connectivity index (χ4v) is 1.46. The molecule has 0 aliphatic carbocycles. The molecule has 4 nitrogen and oxygen atoms in total. The zero-order valence-corrected chi connectivity index (χ0v) is 8.06. The van der Waals surface area contributed by atoms with Gasteiger partial charge in [0.15, 0.2) is 6.10 Å². The van der Waals surface area contributed by atoms with Crippen molar-refractivity contribution in [3.63, 3.8) is 0 Å². The van der Waals surface area contributed by atoms with E-state index >= 15 is 0 Å². The Kier molecular flexibility index (Phi) is 1.82. The number of nitro groups is 1.